The number of hydrogen-bond donors (Lipinski definition) is 3. The van der Waals surface area contributed by atoms with Gasteiger partial charge in [-0.2, -0.15) is 5.10 Å². The van der Waals surface area contributed by atoms with Gasteiger partial charge in [0.25, 0.3) is 5.91 Å². The van der Waals surface area contributed by atoms with Gasteiger partial charge in [-0.25, -0.2) is 4.68 Å². The van der Waals surface area contributed by atoms with E-state index in [1.165, 1.54) is 0 Å². The molecule has 5 heterocycles. The summed E-state index contributed by atoms with van der Waals surface area (Å²) in [6.45, 7) is 3.60. The number of pyridine rings is 2. The van der Waals surface area contributed by atoms with Crippen LogP contribution < -0.4 is 15.5 Å². The van der Waals surface area contributed by atoms with E-state index in [2.05, 4.69) is 41.7 Å². The second-order valence-corrected chi connectivity index (χ2v) is 8.43. The van der Waals surface area contributed by atoms with Crippen molar-refractivity contribution in [1.29, 1.82) is 0 Å². The monoisotopic (exact) mass is 464 g/mol. The summed E-state index contributed by atoms with van der Waals surface area (Å²) in [5.41, 5.74) is 5.11. The molecule has 35 heavy (non-hydrogen) atoms. The summed E-state index contributed by atoms with van der Waals surface area (Å²) < 4.78 is 1.73. The Hall–Kier alpha value is -4.50. The third-order valence-electron chi connectivity index (χ3n) is 6.18. The van der Waals surface area contributed by atoms with E-state index in [0.29, 0.717) is 17.2 Å². The third kappa shape index (κ3) is 4.24. The second-order valence-electron chi connectivity index (χ2n) is 8.43. The fraction of sp³-hybridized carbons (Fsp3) is 0.154. The molecule has 1 saturated heterocycles. The highest BCUT2D eigenvalue weighted by Gasteiger charge is 2.17. The van der Waals surface area contributed by atoms with Crippen LogP contribution in [0.2, 0.25) is 0 Å². The number of anilines is 2. The number of fused-ring (bicyclic) bond motifs is 1. The minimum absolute atomic E-state index is 0.227. The fourth-order valence-electron chi connectivity index (χ4n) is 4.36. The molecule has 174 valence electrons. The molecule has 0 saturated carbocycles. The van der Waals surface area contributed by atoms with Gasteiger partial charge in [0, 0.05) is 55.7 Å². The van der Waals surface area contributed by atoms with Crippen LogP contribution in [0.4, 0.5) is 11.4 Å². The van der Waals surface area contributed by atoms with Gasteiger partial charge in [-0.15, -0.1) is 0 Å². The Morgan fingerprint density at radius 1 is 0.971 bits per heavy atom. The number of nitrogens with zero attached hydrogens (tertiary/aromatic N) is 5. The van der Waals surface area contributed by atoms with E-state index in [1.807, 2.05) is 48.8 Å². The number of rotatable bonds is 5. The van der Waals surface area contributed by atoms with E-state index in [1.54, 1.807) is 29.3 Å². The average molecular weight is 465 g/mol. The summed E-state index contributed by atoms with van der Waals surface area (Å²) in [7, 11) is 0. The van der Waals surface area contributed by atoms with Gasteiger partial charge in [0.1, 0.15) is 11.5 Å². The van der Waals surface area contributed by atoms with Crippen molar-refractivity contribution in [2.45, 2.75) is 0 Å². The number of carbonyl (C=O) groups is 1. The Balaban J connectivity index is 1.20. The van der Waals surface area contributed by atoms with E-state index in [0.717, 1.165) is 53.9 Å². The van der Waals surface area contributed by atoms with Crippen molar-refractivity contribution < 1.29 is 4.79 Å². The molecule has 5 aromatic rings. The van der Waals surface area contributed by atoms with Gasteiger partial charge < -0.3 is 20.5 Å². The molecular formula is C26H24N8O. The van der Waals surface area contributed by atoms with Gasteiger partial charge >= 0.3 is 0 Å². The Morgan fingerprint density at radius 3 is 2.80 bits per heavy atom. The van der Waals surface area contributed by atoms with E-state index in [4.69, 9.17) is 0 Å². The van der Waals surface area contributed by atoms with Gasteiger partial charge in [-0.3, -0.25) is 14.8 Å². The molecule has 0 atom stereocenters. The number of amides is 1. The lowest BCUT2D eigenvalue weighted by molar-refractivity contribution is 0.102. The zero-order valence-corrected chi connectivity index (χ0v) is 19.0. The SMILES string of the molecule is O=C(Nc1cnccc1N1CCNCC1)c1ccc(-n2cc(-c3ccc4ncccc4c3)cn2)[nH]1. The van der Waals surface area contributed by atoms with Crippen molar-refractivity contribution >= 4 is 28.2 Å². The van der Waals surface area contributed by atoms with Crippen LogP contribution in [0.5, 0.6) is 0 Å². The van der Waals surface area contributed by atoms with Crippen molar-refractivity contribution in [3.05, 3.63) is 85.2 Å². The molecule has 0 unspecified atom stereocenters. The molecule has 1 fully saturated rings. The number of hydrogen-bond acceptors (Lipinski definition) is 6. The quantitative estimate of drug-likeness (QED) is 0.368. The van der Waals surface area contributed by atoms with Crippen molar-refractivity contribution in [3.8, 4) is 16.9 Å². The van der Waals surface area contributed by atoms with E-state index < -0.39 is 0 Å². The Morgan fingerprint density at radius 2 is 1.89 bits per heavy atom. The predicted octanol–water partition coefficient (Wildman–Crippen LogP) is 3.47. The van der Waals surface area contributed by atoms with Gasteiger partial charge in [0.2, 0.25) is 0 Å². The lowest BCUT2D eigenvalue weighted by Crippen LogP contribution is -2.43. The number of aromatic nitrogens is 5. The van der Waals surface area contributed by atoms with Crippen molar-refractivity contribution in [2.75, 3.05) is 36.4 Å². The fourth-order valence-corrected chi connectivity index (χ4v) is 4.36. The molecule has 3 N–H and O–H groups in total. The van der Waals surface area contributed by atoms with Gasteiger partial charge in [0.15, 0.2) is 0 Å². The first-order chi connectivity index (χ1) is 17.2. The minimum Gasteiger partial charge on any atom is -0.367 e. The topological polar surface area (TPSA) is 104 Å². The molecule has 1 aliphatic rings. The standard InChI is InChI=1S/C26H24N8O/c35-26(32-23-16-28-9-7-24(23)33-12-10-27-11-13-33)22-5-6-25(31-22)34-17-20(15-30-34)18-3-4-21-19(14-18)2-1-8-29-21/h1-9,14-17,27,31H,10-13H2,(H,32,35). The number of carbonyl (C=O) groups excluding carboxylic acids is 1. The Bertz CT molecular complexity index is 1500. The first-order valence-corrected chi connectivity index (χ1v) is 11.5. The van der Waals surface area contributed by atoms with E-state index >= 15 is 0 Å². The minimum atomic E-state index is -0.227. The van der Waals surface area contributed by atoms with Crippen LogP contribution in [-0.4, -0.2) is 56.8 Å². The summed E-state index contributed by atoms with van der Waals surface area (Å²) in [6.07, 6.45) is 8.99. The first kappa shape index (κ1) is 21.1. The van der Waals surface area contributed by atoms with Crippen LogP contribution in [0.15, 0.2) is 79.5 Å². The summed E-state index contributed by atoms with van der Waals surface area (Å²) in [6, 6.07) is 15.7. The van der Waals surface area contributed by atoms with Gasteiger partial charge in [-0.05, 0) is 42.0 Å². The molecule has 1 aliphatic heterocycles. The smallest absolute Gasteiger partial charge is 0.272 e. The van der Waals surface area contributed by atoms with Crippen molar-refractivity contribution in [2.24, 2.45) is 0 Å². The largest absolute Gasteiger partial charge is 0.367 e. The zero-order chi connectivity index (χ0) is 23.6. The molecule has 0 radical (unpaired) electrons. The number of benzene rings is 1. The number of piperazine rings is 1. The lowest BCUT2D eigenvalue weighted by atomic mass is 10.1. The Kier molecular flexibility index (Phi) is 5.44. The zero-order valence-electron chi connectivity index (χ0n) is 19.0. The highest BCUT2D eigenvalue weighted by molar-refractivity contribution is 6.04. The van der Waals surface area contributed by atoms with Crippen molar-refractivity contribution in [3.63, 3.8) is 0 Å². The highest BCUT2D eigenvalue weighted by atomic mass is 16.1. The first-order valence-electron chi connectivity index (χ1n) is 11.5. The van der Waals surface area contributed by atoms with Crippen LogP contribution in [0.25, 0.3) is 27.8 Å². The molecule has 6 rings (SSSR count). The molecule has 0 spiro atoms. The summed E-state index contributed by atoms with van der Waals surface area (Å²) in [4.78, 5) is 27.0. The third-order valence-corrected chi connectivity index (χ3v) is 6.18. The molecule has 1 amide bonds. The molecule has 0 aliphatic carbocycles. The summed E-state index contributed by atoms with van der Waals surface area (Å²) >= 11 is 0. The molecule has 0 bridgehead atoms. The number of nitrogens with one attached hydrogen (secondary N) is 3. The van der Waals surface area contributed by atoms with Crippen molar-refractivity contribution in [1.82, 2.24) is 30.0 Å². The maximum Gasteiger partial charge on any atom is 0.272 e. The van der Waals surface area contributed by atoms with Crippen LogP contribution in [-0.2, 0) is 0 Å². The average Bonchev–Trinajstić information content (AvgIpc) is 3.60. The van der Waals surface area contributed by atoms with Crippen LogP contribution in [0, 0.1) is 0 Å². The molecular weight excluding hydrogens is 440 g/mol. The molecule has 9 nitrogen and oxygen atoms in total. The maximum absolute atomic E-state index is 13.0. The molecule has 9 heteroatoms. The van der Waals surface area contributed by atoms with E-state index in [-0.39, 0.29) is 5.91 Å². The predicted molar refractivity (Wildman–Crippen MR) is 136 cm³/mol. The van der Waals surface area contributed by atoms with E-state index in [9.17, 15) is 4.79 Å². The molecule has 1 aromatic carbocycles. The Labute approximate surface area is 201 Å². The van der Waals surface area contributed by atoms with Gasteiger partial charge in [-0.1, -0.05) is 12.1 Å². The highest BCUT2D eigenvalue weighted by Crippen LogP contribution is 2.26. The van der Waals surface area contributed by atoms with Gasteiger partial charge in [0.05, 0.1) is 29.3 Å². The second kappa shape index (κ2) is 9.03. The normalized spacial score (nSPS) is 13.8. The summed E-state index contributed by atoms with van der Waals surface area (Å²) in [5, 5.41) is 11.9. The number of H-pyrrole nitrogens is 1. The van der Waals surface area contributed by atoms with Crippen LogP contribution >= 0.6 is 0 Å². The maximum atomic E-state index is 13.0. The summed E-state index contributed by atoms with van der Waals surface area (Å²) in [5.74, 6) is 0.479. The molecule has 4 aromatic heterocycles. The van der Waals surface area contributed by atoms with Crippen LogP contribution in [0.3, 0.4) is 0 Å². The number of aromatic amines is 1. The lowest BCUT2D eigenvalue weighted by Gasteiger charge is -2.30. The van der Waals surface area contributed by atoms with Crippen LogP contribution in [0.1, 0.15) is 10.5 Å².